The van der Waals surface area contributed by atoms with Crippen molar-refractivity contribution in [1.82, 2.24) is 5.43 Å². The highest BCUT2D eigenvalue weighted by Crippen LogP contribution is 2.35. The van der Waals surface area contributed by atoms with E-state index in [1.165, 1.54) is 32.4 Å². The van der Waals surface area contributed by atoms with Gasteiger partial charge in [0.1, 0.15) is 18.0 Å². The molecule has 0 aromatic heterocycles. The molecule has 0 aliphatic heterocycles. The lowest BCUT2D eigenvalue weighted by molar-refractivity contribution is -0.119. The zero-order chi connectivity index (χ0) is 24.7. The van der Waals surface area contributed by atoms with Crippen LogP contribution in [0.5, 0.6) is 11.5 Å². The van der Waals surface area contributed by atoms with Crippen molar-refractivity contribution in [3.63, 3.8) is 0 Å². The fourth-order valence-corrected chi connectivity index (χ4v) is 4.79. The highest BCUT2D eigenvalue weighted by Gasteiger charge is 2.29. The summed E-state index contributed by atoms with van der Waals surface area (Å²) in [6.07, 6.45) is 0. The number of methoxy groups -OCH3 is 2. The van der Waals surface area contributed by atoms with Gasteiger partial charge in [0.2, 0.25) is 0 Å². The van der Waals surface area contributed by atoms with E-state index >= 15 is 0 Å². The van der Waals surface area contributed by atoms with Crippen LogP contribution in [-0.4, -0.2) is 40.8 Å². The van der Waals surface area contributed by atoms with Crippen LogP contribution in [0.3, 0.4) is 0 Å². The molecule has 1 amide bonds. The number of halogens is 1. The molecule has 0 fully saturated rings. The molecule has 10 heteroatoms. The van der Waals surface area contributed by atoms with Gasteiger partial charge < -0.3 is 9.47 Å². The van der Waals surface area contributed by atoms with Crippen LogP contribution in [0, 0.1) is 0 Å². The lowest BCUT2D eigenvalue weighted by Gasteiger charge is -2.25. The van der Waals surface area contributed by atoms with E-state index in [2.05, 4.69) is 26.5 Å². The Morgan fingerprint density at radius 3 is 2.29 bits per heavy atom. The van der Waals surface area contributed by atoms with Crippen LogP contribution >= 0.6 is 15.9 Å². The molecule has 3 aromatic carbocycles. The normalized spacial score (nSPS) is 11.6. The molecule has 0 unspecified atom stereocenters. The summed E-state index contributed by atoms with van der Waals surface area (Å²) >= 11 is 3.37. The standard InChI is InChI=1S/C24H24BrN3O5S/c1-17(18-9-11-19(25)12-10-18)26-27-24(29)16-28(34(30,31)21-7-5-4-6-8-21)22-15-20(32-2)13-14-23(22)33-3/h4-15H,16H2,1-3H3,(H,27,29)/b26-17-. The summed E-state index contributed by atoms with van der Waals surface area (Å²) in [5.74, 6) is 0.0528. The van der Waals surface area contributed by atoms with Crippen LogP contribution < -0.4 is 19.2 Å². The van der Waals surface area contributed by atoms with Crippen molar-refractivity contribution >= 4 is 43.3 Å². The highest BCUT2D eigenvalue weighted by molar-refractivity contribution is 9.10. The monoisotopic (exact) mass is 545 g/mol. The number of ether oxygens (including phenoxy) is 2. The van der Waals surface area contributed by atoms with Crippen molar-refractivity contribution in [2.24, 2.45) is 5.10 Å². The zero-order valence-corrected chi connectivity index (χ0v) is 21.3. The van der Waals surface area contributed by atoms with Crippen LogP contribution in [-0.2, 0) is 14.8 Å². The number of hydrogen-bond donors (Lipinski definition) is 1. The molecule has 0 spiro atoms. The van der Waals surface area contributed by atoms with E-state index in [1.54, 1.807) is 37.3 Å². The summed E-state index contributed by atoms with van der Waals surface area (Å²) in [6.45, 7) is 1.21. The molecule has 178 valence electrons. The van der Waals surface area contributed by atoms with Gasteiger partial charge in [0.25, 0.3) is 15.9 Å². The fraction of sp³-hybridized carbons (Fsp3) is 0.167. The summed E-state index contributed by atoms with van der Waals surface area (Å²) < 4.78 is 39.6. The Hall–Kier alpha value is -3.37. The summed E-state index contributed by atoms with van der Waals surface area (Å²) in [4.78, 5) is 12.9. The second-order valence-electron chi connectivity index (χ2n) is 7.10. The van der Waals surface area contributed by atoms with Crippen LogP contribution in [0.2, 0.25) is 0 Å². The van der Waals surface area contributed by atoms with E-state index in [1.807, 2.05) is 24.3 Å². The number of carbonyl (C=O) groups is 1. The molecule has 3 rings (SSSR count). The maximum absolute atomic E-state index is 13.5. The first-order valence-corrected chi connectivity index (χ1v) is 12.4. The lowest BCUT2D eigenvalue weighted by atomic mass is 10.1. The second kappa shape index (κ2) is 11.2. The quantitative estimate of drug-likeness (QED) is 0.321. The van der Waals surface area contributed by atoms with Crippen molar-refractivity contribution in [3.05, 3.63) is 82.8 Å². The molecule has 0 saturated heterocycles. The third-order valence-electron chi connectivity index (χ3n) is 4.88. The van der Waals surface area contributed by atoms with E-state index in [0.29, 0.717) is 11.5 Å². The van der Waals surface area contributed by atoms with Crippen LogP contribution in [0.1, 0.15) is 12.5 Å². The number of carbonyl (C=O) groups excluding carboxylic acids is 1. The second-order valence-corrected chi connectivity index (χ2v) is 9.88. The molecular weight excluding hydrogens is 522 g/mol. The molecule has 0 atom stereocenters. The number of nitrogens with one attached hydrogen (secondary N) is 1. The maximum atomic E-state index is 13.5. The summed E-state index contributed by atoms with van der Waals surface area (Å²) in [6, 6.07) is 20.0. The van der Waals surface area contributed by atoms with Gasteiger partial charge in [-0.25, -0.2) is 13.8 Å². The SMILES string of the molecule is COc1ccc(OC)c(N(CC(=O)N/N=C(/C)c2ccc(Br)cc2)S(=O)(=O)c2ccccc2)c1. The van der Waals surface area contributed by atoms with Gasteiger partial charge in [-0.1, -0.05) is 46.3 Å². The lowest BCUT2D eigenvalue weighted by Crippen LogP contribution is -2.40. The summed E-state index contributed by atoms with van der Waals surface area (Å²) in [7, 11) is -1.23. The summed E-state index contributed by atoms with van der Waals surface area (Å²) in [5, 5.41) is 4.13. The number of rotatable bonds is 9. The van der Waals surface area contributed by atoms with Crippen LogP contribution in [0.25, 0.3) is 0 Å². The van der Waals surface area contributed by atoms with Crippen LogP contribution in [0.15, 0.2) is 87.3 Å². The van der Waals surface area contributed by atoms with Crippen molar-refractivity contribution in [2.45, 2.75) is 11.8 Å². The number of benzene rings is 3. The smallest absolute Gasteiger partial charge is 0.264 e. The van der Waals surface area contributed by atoms with Crippen molar-refractivity contribution in [3.8, 4) is 11.5 Å². The Morgan fingerprint density at radius 2 is 1.68 bits per heavy atom. The largest absolute Gasteiger partial charge is 0.497 e. The molecule has 0 bridgehead atoms. The van der Waals surface area contributed by atoms with Gasteiger partial charge in [-0.15, -0.1) is 0 Å². The minimum atomic E-state index is -4.12. The van der Waals surface area contributed by atoms with Gasteiger partial charge in [0.15, 0.2) is 0 Å². The maximum Gasteiger partial charge on any atom is 0.264 e. The van der Waals surface area contributed by atoms with E-state index in [-0.39, 0.29) is 16.3 Å². The minimum absolute atomic E-state index is 0.0298. The molecule has 0 aliphatic rings. The average molecular weight is 546 g/mol. The van der Waals surface area contributed by atoms with Gasteiger partial charge in [0.05, 0.1) is 30.5 Å². The van der Waals surface area contributed by atoms with Crippen LogP contribution in [0.4, 0.5) is 5.69 Å². The number of amides is 1. The van der Waals surface area contributed by atoms with Gasteiger partial charge >= 0.3 is 0 Å². The van der Waals surface area contributed by atoms with E-state index in [0.717, 1.165) is 14.3 Å². The molecule has 0 aliphatic carbocycles. The predicted molar refractivity (Wildman–Crippen MR) is 135 cm³/mol. The fourth-order valence-electron chi connectivity index (χ4n) is 3.08. The average Bonchev–Trinajstić information content (AvgIpc) is 2.86. The van der Waals surface area contributed by atoms with Crippen molar-refractivity contribution < 1.29 is 22.7 Å². The molecule has 34 heavy (non-hydrogen) atoms. The van der Waals surface area contributed by atoms with Gasteiger partial charge in [-0.2, -0.15) is 5.10 Å². The Kier molecular flexibility index (Phi) is 8.30. The third-order valence-corrected chi connectivity index (χ3v) is 7.19. The number of anilines is 1. The van der Waals surface area contributed by atoms with Crippen molar-refractivity contribution in [1.29, 1.82) is 0 Å². The molecule has 1 N–H and O–H groups in total. The third kappa shape index (κ3) is 5.95. The Balaban J connectivity index is 1.96. The topological polar surface area (TPSA) is 97.3 Å². The first-order valence-electron chi connectivity index (χ1n) is 10.1. The van der Waals surface area contributed by atoms with E-state index in [4.69, 9.17) is 9.47 Å². The molecule has 0 heterocycles. The molecule has 0 saturated carbocycles. The predicted octanol–water partition coefficient (Wildman–Crippen LogP) is 4.20. The Morgan fingerprint density at radius 1 is 1.00 bits per heavy atom. The number of hydrazone groups is 1. The van der Waals surface area contributed by atoms with Gasteiger partial charge in [0, 0.05) is 10.5 Å². The number of hydrogen-bond acceptors (Lipinski definition) is 6. The molecule has 8 nitrogen and oxygen atoms in total. The highest BCUT2D eigenvalue weighted by atomic mass is 79.9. The Bertz CT molecular complexity index is 1280. The first-order chi connectivity index (χ1) is 16.3. The molecule has 3 aromatic rings. The van der Waals surface area contributed by atoms with Crippen molar-refractivity contribution in [2.75, 3.05) is 25.1 Å². The van der Waals surface area contributed by atoms with Gasteiger partial charge in [-0.3, -0.25) is 9.10 Å². The summed E-state index contributed by atoms with van der Waals surface area (Å²) in [5.41, 5.74) is 3.98. The molecule has 0 radical (unpaired) electrons. The first kappa shape index (κ1) is 25.3. The van der Waals surface area contributed by atoms with E-state index < -0.39 is 22.5 Å². The Labute approximate surface area is 207 Å². The number of sulfonamides is 1. The van der Waals surface area contributed by atoms with Gasteiger partial charge in [-0.05, 0) is 48.9 Å². The number of nitrogens with zero attached hydrogens (tertiary/aromatic N) is 2. The molecular formula is C24H24BrN3O5S. The van der Waals surface area contributed by atoms with E-state index in [9.17, 15) is 13.2 Å². The zero-order valence-electron chi connectivity index (χ0n) is 18.9. The minimum Gasteiger partial charge on any atom is -0.497 e.